The standard InChI is InChI=1S/C17H18BrN3O2/c18-13-2-1-3-14(6-13)21-9-12(7-19-21)17(23)20-8-11-4-5-16(22)15(11)10-20/h1-3,6-7,9,11,15-16,22H,4-5,8,10H2. The second-order valence-electron chi connectivity index (χ2n) is 6.43. The summed E-state index contributed by atoms with van der Waals surface area (Å²) < 4.78 is 2.68. The van der Waals surface area contributed by atoms with Gasteiger partial charge >= 0.3 is 0 Å². The third kappa shape index (κ3) is 2.70. The number of aliphatic hydroxyl groups is 1. The molecule has 120 valence electrons. The number of aliphatic hydroxyl groups excluding tert-OH is 1. The molecule has 3 atom stereocenters. The van der Waals surface area contributed by atoms with Crippen LogP contribution in [0.1, 0.15) is 23.2 Å². The van der Waals surface area contributed by atoms with Crippen molar-refractivity contribution in [1.82, 2.24) is 14.7 Å². The molecule has 3 unspecified atom stereocenters. The van der Waals surface area contributed by atoms with Crippen molar-refractivity contribution >= 4 is 21.8 Å². The van der Waals surface area contributed by atoms with E-state index in [-0.39, 0.29) is 17.9 Å². The molecule has 5 nitrogen and oxygen atoms in total. The maximum Gasteiger partial charge on any atom is 0.257 e. The zero-order chi connectivity index (χ0) is 16.0. The van der Waals surface area contributed by atoms with Gasteiger partial charge in [0.2, 0.25) is 0 Å². The van der Waals surface area contributed by atoms with Crippen molar-refractivity contribution in [3.63, 3.8) is 0 Å². The summed E-state index contributed by atoms with van der Waals surface area (Å²) in [6.07, 6.45) is 5.04. The number of hydrogen-bond donors (Lipinski definition) is 1. The number of halogens is 1. The van der Waals surface area contributed by atoms with Crippen LogP contribution in [0.5, 0.6) is 0 Å². The number of aromatic nitrogens is 2. The third-order valence-electron chi connectivity index (χ3n) is 5.01. The number of rotatable bonds is 2. The predicted octanol–water partition coefficient (Wildman–Crippen LogP) is 2.48. The largest absolute Gasteiger partial charge is 0.393 e. The molecular formula is C17H18BrN3O2. The minimum absolute atomic E-state index is 0.00727. The smallest absolute Gasteiger partial charge is 0.257 e. The molecule has 2 aromatic rings. The number of benzene rings is 1. The predicted molar refractivity (Wildman–Crippen MR) is 89.4 cm³/mol. The molecule has 4 rings (SSSR count). The Kier molecular flexibility index (Phi) is 3.73. The second kappa shape index (κ2) is 5.76. The highest BCUT2D eigenvalue weighted by Crippen LogP contribution is 2.38. The molecule has 1 aliphatic carbocycles. The lowest BCUT2D eigenvalue weighted by Gasteiger charge is -2.17. The SMILES string of the molecule is O=C(c1cnn(-c2cccc(Br)c2)c1)N1CC2CCC(O)C2C1. The van der Waals surface area contributed by atoms with E-state index in [1.807, 2.05) is 29.2 Å². The third-order valence-corrected chi connectivity index (χ3v) is 5.50. The van der Waals surface area contributed by atoms with Gasteiger partial charge in [0.15, 0.2) is 0 Å². The summed E-state index contributed by atoms with van der Waals surface area (Å²) in [6.45, 7) is 1.41. The molecular weight excluding hydrogens is 358 g/mol. The van der Waals surface area contributed by atoms with Crippen LogP contribution in [0, 0.1) is 11.8 Å². The average Bonchev–Trinajstić information content (AvgIpc) is 3.24. The monoisotopic (exact) mass is 375 g/mol. The summed E-state index contributed by atoms with van der Waals surface area (Å²) >= 11 is 3.44. The summed E-state index contributed by atoms with van der Waals surface area (Å²) in [6, 6.07) is 7.79. The topological polar surface area (TPSA) is 58.4 Å². The van der Waals surface area contributed by atoms with Crippen LogP contribution in [0.4, 0.5) is 0 Å². The van der Waals surface area contributed by atoms with Gasteiger partial charge in [0.05, 0.1) is 23.6 Å². The van der Waals surface area contributed by atoms with E-state index in [4.69, 9.17) is 0 Å². The first-order valence-corrected chi connectivity index (χ1v) is 8.69. The molecule has 6 heteroatoms. The summed E-state index contributed by atoms with van der Waals surface area (Å²) in [4.78, 5) is 14.5. The zero-order valence-electron chi connectivity index (χ0n) is 12.6. The molecule has 1 saturated carbocycles. The summed E-state index contributed by atoms with van der Waals surface area (Å²) in [5.41, 5.74) is 1.51. The summed E-state index contributed by atoms with van der Waals surface area (Å²) in [5, 5.41) is 14.3. The Labute approximate surface area is 143 Å². The van der Waals surface area contributed by atoms with Crippen molar-refractivity contribution in [3.05, 3.63) is 46.7 Å². The molecule has 0 radical (unpaired) electrons. The van der Waals surface area contributed by atoms with Crippen molar-refractivity contribution in [2.45, 2.75) is 18.9 Å². The normalized spacial score (nSPS) is 26.5. The fraction of sp³-hybridized carbons (Fsp3) is 0.412. The molecule has 2 aliphatic rings. The Balaban J connectivity index is 1.52. The molecule has 1 aliphatic heterocycles. The van der Waals surface area contributed by atoms with Crippen LogP contribution >= 0.6 is 15.9 Å². The van der Waals surface area contributed by atoms with Crippen LogP contribution in [0.3, 0.4) is 0 Å². The second-order valence-corrected chi connectivity index (χ2v) is 7.35. The van der Waals surface area contributed by atoms with Gasteiger partial charge in [0.25, 0.3) is 5.91 Å². The van der Waals surface area contributed by atoms with Gasteiger partial charge in [0, 0.05) is 29.7 Å². The molecule has 1 amide bonds. The molecule has 1 aromatic carbocycles. The van der Waals surface area contributed by atoms with Crippen LogP contribution in [0.25, 0.3) is 5.69 Å². The molecule has 0 spiro atoms. The number of amides is 1. The molecule has 2 heterocycles. The first-order valence-electron chi connectivity index (χ1n) is 7.90. The first-order chi connectivity index (χ1) is 11.1. The van der Waals surface area contributed by atoms with Crippen LogP contribution in [-0.4, -0.2) is 44.9 Å². The lowest BCUT2D eigenvalue weighted by Crippen LogP contribution is -2.30. The number of fused-ring (bicyclic) bond motifs is 1. The van der Waals surface area contributed by atoms with Crippen molar-refractivity contribution in [3.8, 4) is 5.69 Å². The zero-order valence-corrected chi connectivity index (χ0v) is 14.2. The van der Waals surface area contributed by atoms with Crippen molar-refractivity contribution < 1.29 is 9.90 Å². The number of likely N-dealkylation sites (tertiary alicyclic amines) is 1. The molecule has 0 bridgehead atoms. The maximum absolute atomic E-state index is 12.7. The molecule has 23 heavy (non-hydrogen) atoms. The van der Waals surface area contributed by atoms with Gasteiger partial charge < -0.3 is 10.0 Å². The van der Waals surface area contributed by atoms with E-state index in [1.54, 1.807) is 17.1 Å². The quantitative estimate of drug-likeness (QED) is 0.876. The van der Waals surface area contributed by atoms with Crippen molar-refractivity contribution in [2.75, 3.05) is 13.1 Å². The fourth-order valence-electron chi connectivity index (χ4n) is 3.78. The van der Waals surface area contributed by atoms with E-state index in [0.717, 1.165) is 29.5 Å². The molecule has 1 saturated heterocycles. The Morgan fingerprint density at radius 3 is 2.96 bits per heavy atom. The highest BCUT2D eigenvalue weighted by molar-refractivity contribution is 9.10. The molecule has 1 N–H and O–H groups in total. The summed E-state index contributed by atoms with van der Waals surface area (Å²) in [5.74, 6) is 0.709. The first kappa shape index (κ1) is 14.9. The van der Waals surface area contributed by atoms with E-state index >= 15 is 0 Å². The number of hydrogen-bond acceptors (Lipinski definition) is 3. The lowest BCUT2D eigenvalue weighted by atomic mass is 10.00. The number of carbonyl (C=O) groups is 1. The van der Waals surface area contributed by atoms with Crippen LogP contribution in [0.15, 0.2) is 41.1 Å². The van der Waals surface area contributed by atoms with Gasteiger partial charge in [-0.15, -0.1) is 0 Å². The van der Waals surface area contributed by atoms with Crippen LogP contribution < -0.4 is 0 Å². The number of carbonyl (C=O) groups excluding carboxylic acids is 1. The number of nitrogens with zero attached hydrogens (tertiary/aromatic N) is 3. The Morgan fingerprint density at radius 1 is 1.30 bits per heavy atom. The van der Waals surface area contributed by atoms with Crippen molar-refractivity contribution in [2.24, 2.45) is 11.8 Å². The average molecular weight is 376 g/mol. The molecule has 2 fully saturated rings. The van der Waals surface area contributed by atoms with Gasteiger partial charge in [-0.05, 0) is 37.0 Å². The maximum atomic E-state index is 12.7. The van der Waals surface area contributed by atoms with Gasteiger partial charge in [-0.3, -0.25) is 4.79 Å². The van der Waals surface area contributed by atoms with E-state index in [0.29, 0.717) is 18.0 Å². The Morgan fingerprint density at radius 2 is 2.17 bits per heavy atom. The lowest BCUT2D eigenvalue weighted by molar-refractivity contribution is 0.0752. The van der Waals surface area contributed by atoms with E-state index in [9.17, 15) is 9.90 Å². The van der Waals surface area contributed by atoms with Gasteiger partial charge in [-0.2, -0.15) is 5.10 Å². The van der Waals surface area contributed by atoms with Crippen molar-refractivity contribution in [1.29, 1.82) is 0 Å². The van der Waals surface area contributed by atoms with Crippen LogP contribution in [-0.2, 0) is 0 Å². The minimum Gasteiger partial charge on any atom is -0.393 e. The van der Waals surface area contributed by atoms with E-state index in [1.165, 1.54) is 0 Å². The van der Waals surface area contributed by atoms with Gasteiger partial charge in [-0.1, -0.05) is 22.0 Å². The summed E-state index contributed by atoms with van der Waals surface area (Å²) in [7, 11) is 0. The van der Waals surface area contributed by atoms with Crippen LogP contribution in [0.2, 0.25) is 0 Å². The van der Waals surface area contributed by atoms with Gasteiger partial charge in [0.1, 0.15) is 0 Å². The molecule has 1 aromatic heterocycles. The van der Waals surface area contributed by atoms with E-state index < -0.39 is 0 Å². The van der Waals surface area contributed by atoms with Gasteiger partial charge in [-0.25, -0.2) is 4.68 Å². The minimum atomic E-state index is -0.248. The Hall–Kier alpha value is -1.66. The van der Waals surface area contributed by atoms with E-state index in [2.05, 4.69) is 21.0 Å². The fourth-order valence-corrected chi connectivity index (χ4v) is 4.17. The highest BCUT2D eigenvalue weighted by atomic mass is 79.9. The Bertz CT molecular complexity index is 745. The highest BCUT2D eigenvalue weighted by Gasteiger charge is 2.43.